The molecule has 0 saturated heterocycles. The Morgan fingerprint density at radius 3 is 2.89 bits per heavy atom. The van der Waals surface area contributed by atoms with E-state index >= 15 is 0 Å². The summed E-state index contributed by atoms with van der Waals surface area (Å²) in [5.41, 5.74) is 0. The van der Waals surface area contributed by atoms with Crippen molar-refractivity contribution in [3.8, 4) is 5.75 Å². The molecule has 0 bridgehead atoms. The van der Waals surface area contributed by atoms with Gasteiger partial charge in [0.1, 0.15) is 23.7 Å². The van der Waals surface area contributed by atoms with Crippen LogP contribution in [-0.2, 0) is 4.74 Å². The first-order chi connectivity index (χ1) is 8.70. The molecule has 1 heterocycles. The number of hydrogen-bond donors (Lipinski definition) is 1. The number of nitrogens with one attached hydrogen (secondary N) is 1. The minimum absolute atomic E-state index is 0.0298. The van der Waals surface area contributed by atoms with Crippen molar-refractivity contribution < 1.29 is 9.47 Å². The molecule has 0 fully saturated rings. The molecular weight excluding hydrogens is 250 g/mol. The summed E-state index contributed by atoms with van der Waals surface area (Å²) in [4.78, 5) is 0. The first-order valence-electron chi connectivity index (χ1n) is 6.13. The summed E-state index contributed by atoms with van der Waals surface area (Å²) in [6.45, 7) is 2.78. The molecule has 2 unspecified atom stereocenters. The third kappa shape index (κ3) is 3.18. The highest BCUT2D eigenvalue weighted by atomic mass is 35.5. The maximum Gasteiger partial charge on any atom is 0.121 e. The monoisotopic (exact) mass is 267 g/mol. The zero-order valence-electron chi connectivity index (χ0n) is 10.7. The lowest BCUT2D eigenvalue weighted by Gasteiger charge is -2.25. The molecule has 0 saturated carbocycles. The average Bonchev–Trinajstić information content (AvgIpc) is 2.83. The predicted octanol–water partition coefficient (Wildman–Crippen LogP) is 3.00. The summed E-state index contributed by atoms with van der Waals surface area (Å²) in [6.07, 6.45) is 3.05. The fourth-order valence-electron chi connectivity index (χ4n) is 2.08. The van der Waals surface area contributed by atoms with Crippen LogP contribution in [0.2, 0.25) is 5.02 Å². The number of halogens is 1. The van der Waals surface area contributed by atoms with Crippen LogP contribution in [0.3, 0.4) is 0 Å². The van der Waals surface area contributed by atoms with E-state index in [1.54, 1.807) is 0 Å². The van der Waals surface area contributed by atoms with E-state index in [1.807, 2.05) is 38.2 Å². The van der Waals surface area contributed by atoms with Gasteiger partial charge in [0.2, 0.25) is 0 Å². The summed E-state index contributed by atoms with van der Waals surface area (Å²) < 4.78 is 11.5. The fraction of sp³-hybridized carbons (Fsp3) is 0.429. The lowest BCUT2D eigenvalue weighted by Crippen LogP contribution is -2.41. The van der Waals surface area contributed by atoms with E-state index in [9.17, 15) is 0 Å². The Kier molecular flexibility index (Phi) is 4.50. The molecule has 0 aromatic heterocycles. The van der Waals surface area contributed by atoms with Crippen molar-refractivity contribution in [3.05, 3.63) is 41.1 Å². The molecule has 3 nitrogen and oxygen atoms in total. The lowest BCUT2D eigenvalue weighted by molar-refractivity contribution is 0.138. The van der Waals surface area contributed by atoms with Gasteiger partial charge in [-0.2, -0.15) is 0 Å². The van der Waals surface area contributed by atoms with Gasteiger partial charge < -0.3 is 14.8 Å². The van der Waals surface area contributed by atoms with Crippen LogP contribution in [0.5, 0.6) is 5.75 Å². The van der Waals surface area contributed by atoms with Gasteiger partial charge in [-0.3, -0.25) is 0 Å². The average molecular weight is 268 g/mol. The molecule has 1 aromatic carbocycles. The highest BCUT2D eigenvalue weighted by molar-refractivity contribution is 6.30. The summed E-state index contributed by atoms with van der Waals surface area (Å²) >= 11 is 5.94. The predicted molar refractivity (Wildman–Crippen MR) is 73.0 cm³/mol. The SMILES string of the molecule is CNC(C1=CCCO1)C(C)Oc1cccc(Cl)c1. The molecule has 0 spiro atoms. The normalized spacial score (nSPS) is 17.8. The van der Waals surface area contributed by atoms with Crippen LogP contribution in [0.1, 0.15) is 13.3 Å². The minimum atomic E-state index is -0.0298. The molecule has 1 aliphatic heterocycles. The fourth-order valence-corrected chi connectivity index (χ4v) is 2.27. The second-order valence-electron chi connectivity index (χ2n) is 4.29. The van der Waals surface area contributed by atoms with Crippen molar-refractivity contribution in [3.63, 3.8) is 0 Å². The topological polar surface area (TPSA) is 30.5 Å². The summed E-state index contributed by atoms with van der Waals surface area (Å²) in [5, 5.41) is 3.91. The van der Waals surface area contributed by atoms with Crippen LogP contribution in [0, 0.1) is 0 Å². The van der Waals surface area contributed by atoms with E-state index in [0.717, 1.165) is 24.5 Å². The van der Waals surface area contributed by atoms with Crippen LogP contribution < -0.4 is 10.1 Å². The lowest BCUT2D eigenvalue weighted by atomic mass is 10.1. The Balaban J connectivity index is 2.03. The Hall–Kier alpha value is -1.19. The minimum Gasteiger partial charge on any atom is -0.496 e. The standard InChI is InChI=1S/C14H18ClNO2/c1-10(14(16-2)13-7-4-8-17-13)18-12-6-3-5-11(15)9-12/h3,5-7,9-10,14,16H,4,8H2,1-2H3. The van der Waals surface area contributed by atoms with Gasteiger partial charge in [0, 0.05) is 11.4 Å². The number of ether oxygens (including phenoxy) is 2. The van der Waals surface area contributed by atoms with Crippen molar-refractivity contribution in [1.29, 1.82) is 0 Å². The Labute approximate surface area is 113 Å². The smallest absolute Gasteiger partial charge is 0.121 e. The number of rotatable bonds is 5. The van der Waals surface area contributed by atoms with Crippen LogP contribution in [0.4, 0.5) is 0 Å². The van der Waals surface area contributed by atoms with E-state index in [0.29, 0.717) is 5.02 Å². The van der Waals surface area contributed by atoms with Gasteiger partial charge in [-0.15, -0.1) is 0 Å². The van der Waals surface area contributed by atoms with E-state index in [2.05, 4.69) is 11.4 Å². The van der Waals surface area contributed by atoms with Crippen molar-refractivity contribution in [2.24, 2.45) is 0 Å². The molecule has 1 N–H and O–H groups in total. The summed E-state index contributed by atoms with van der Waals surface area (Å²) in [7, 11) is 1.91. The summed E-state index contributed by atoms with van der Waals surface area (Å²) in [5.74, 6) is 1.74. The molecule has 0 aliphatic carbocycles. The van der Waals surface area contributed by atoms with Gasteiger partial charge in [-0.1, -0.05) is 17.7 Å². The molecule has 0 amide bonds. The molecule has 18 heavy (non-hydrogen) atoms. The summed E-state index contributed by atoms with van der Waals surface area (Å²) in [6, 6.07) is 7.49. The molecule has 4 heteroatoms. The highest BCUT2D eigenvalue weighted by Gasteiger charge is 2.24. The molecule has 1 aliphatic rings. The zero-order valence-corrected chi connectivity index (χ0v) is 11.4. The van der Waals surface area contributed by atoms with Gasteiger partial charge in [-0.25, -0.2) is 0 Å². The largest absolute Gasteiger partial charge is 0.496 e. The van der Waals surface area contributed by atoms with Gasteiger partial charge in [0.15, 0.2) is 0 Å². The maximum atomic E-state index is 5.94. The third-order valence-electron chi connectivity index (χ3n) is 2.94. The molecule has 2 atom stereocenters. The molecule has 2 rings (SSSR count). The van der Waals surface area contributed by atoms with Gasteiger partial charge in [-0.05, 0) is 38.2 Å². The molecular formula is C14H18ClNO2. The zero-order chi connectivity index (χ0) is 13.0. The molecule has 0 radical (unpaired) electrons. The first-order valence-corrected chi connectivity index (χ1v) is 6.51. The van der Waals surface area contributed by atoms with E-state index in [4.69, 9.17) is 21.1 Å². The van der Waals surface area contributed by atoms with Crippen molar-refractivity contribution >= 4 is 11.6 Å². The van der Waals surface area contributed by atoms with E-state index in [1.165, 1.54) is 0 Å². The van der Waals surface area contributed by atoms with Crippen LogP contribution in [0.15, 0.2) is 36.1 Å². The van der Waals surface area contributed by atoms with E-state index < -0.39 is 0 Å². The van der Waals surface area contributed by atoms with Crippen LogP contribution in [-0.4, -0.2) is 25.8 Å². The van der Waals surface area contributed by atoms with Crippen molar-refractivity contribution in [2.45, 2.75) is 25.5 Å². The number of benzene rings is 1. The number of likely N-dealkylation sites (N-methyl/N-ethyl adjacent to an activating group) is 1. The Morgan fingerprint density at radius 2 is 2.28 bits per heavy atom. The van der Waals surface area contributed by atoms with Crippen LogP contribution in [0.25, 0.3) is 0 Å². The van der Waals surface area contributed by atoms with Gasteiger partial charge in [0.05, 0.1) is 6.61 Å². The Bertz CT molecular complexity index is 434. The maximum absolute atomic E-state index is 5.94. The highest BCUT2D eigenvalue weighted by Crippen LogP contribution is 2.22. The van der Waals surface area contributed by atoms with Crippen molar-refractivity contribution in [2.75, 3.05) is 13.7 Å². The third-order valence-corrected chi connectivity index (χ3v) is 3.17. The first kappa shape index (κ1) is 13.2. The molecule has 98 valence electrons. The quantitative estimate of drug-likeness (QED) is 0.890. The Morgan fingerprint density at radius 1 is 1.44 bits per heavy atom. The number of hydrogen-bond acceptors (Lipinski definition) is 3. The van der Waals surface area contributed by atoms with Gasteiger partial charge in [0.25, 0.3) is 0 Å². The second kappa shape index (κ2) is 6.12. The van der Waals surface area contributed by atoms with Gasteiger partial charge >= 0.3 is 0 Å². The van der Waals surface area contributed by atoms with Crippen molar-refractivity contribution in [1.82, 2.24) is 5.32 Å². The second-order valence-corrected chi connectivity index (χ2v) is 4.73. The van der Waals surface area contributed by atoms with Crippen LogP contribution >= 0.6 is 11.6 Å². The van der Waals surface area contributed by atoms with E-state index in [-0.39, 0.29) is 12.1 Å². The molecule has 1 aromatic rings.